The molecule has 2 rings (SSSR count). The number of H-pyrrole nitrogens is 1. The van der Waals surface area contributed by atoms with Crippen LogP contribution in [0, 0.1) is 0 Å². The number of hydrogen-bond donors (Lipinski definition) is 3. The summed E-state index contributed by atoms with van der Waals surface area (Å²) in [5.74, 6) is 6.05. The van der Waals surface area contributed by atoms with Gasteiger partial charge in [0.25, 0.3) is 0 Å². The van der Waals surface area contributed by atoms with Crippen LogP contribution in [0.3, 0.4) is 0 Å². The summed E-state index contributed by atoms with van der Waals surface area (Å²) < 4.78 is 0. The number of fused-ring (bicyclic) bond motifs is 1. The first-order valence-corrected chi connectivity index (χ1v) is 5.28. The van der Waals surface area contributed by atoms with Gasteiger partial charge in [-0.2, -0.15) is 5.10 Å². The van der Waals surface area contributed by atoms with Crippen molar-refractivity contribution in [2.24, 2.45) is 5.84 Å². The molecule has 0 saturated heterocycles. The second kappa shape index (κ2) is 4.31. The van der Waals surface area contributed by atoms with Crippen LogP contribution in [0.2, 0.25) is 0 Å². The van der Waals surface area contributed by atoms with Crippen molar-refractivity contribution in [2.75, 3.05) is 5.43 Å². The number of nitrogen functional groups attached to an aromatic ring is 1. The second-order valence-corrected chi connectivity index (χ2v) is 3.70. The van der Waals surface area contributed by atoms with Gasteiger partial charge in [-0.15, -0.1) is 0 Å². The zero-order valence-electron chi connectivity index (χ0n) is 8.88. The minimum absolute atomic E-state index is 0.701. The summed E-state index contributed by atoms with van der Waals surface area (Å²) in [6, 6.07) is 6.33. The van der Waals surface area contributed by atoms with Crippen molar-refractivity contribution < 1.29 is 0 Å². The van der Waals surface area contributed by atoms with Crippen molar-refractivity contribution in [1.29, 1.82) is 0 Å². The number of unbranched alkanes of at least 4 members (excludes halogenated alkanes) is 1. The fourth-order valence-electron chi connectivity index (χ4n) is 1.71. The Morgan fingerprint density at radius 1 is 1.47 bits per heavy atom. The lowest BCUT2D eigenvalue weighted by Crippen LogP contribution is -2.07. The first-order chi connectivity index (χ1) is 7.35. The van der Waals surface area contributed by atoms with E-state index in [2.05, 4.69) is 40.7 Å². The van der Waals surface area contributed by atoms with Crippen LogP contribution in [0.15, 0.2) is 18.2 Å². The molecule has 4 N–H and O–H groups in total. The van der Waals surface area contributed by atoms with Gasteiger partial charge in [0.05, 0.1) is 5.52 Å². The van der Waals surface area contributed by atoms with Gasteiger partial charge in [-0.3, -0.25) is 5.10 Å². The molecule has 0 amide bonds. The maximum absolute atomic E-state index is 5.35. The highest BCUT2D eigenvalue weighted by molar-refractivity contribution is 5.89. The Labute approximate surface area is 88.8 Å². The van der Waals surface area contributed by atoms with Gasteiger partial charge in [-0.25, -0.2) is 5.84 Å². The number of nitrogens with two attached hydrogens (primary N) is 1. The summed E-state index contributed by atoms with van der Waals surface area (Å²) in [5.41, 5.74) is 4.95. The van der Waals surface area contributed by atoms with Crippen molar-refractivity contribution in [2.45, 2.75) is 26.2 Å². The topological polar surface area (TPSA) is 66.7 Å². The molecule has 0 atom stereocenters. The number of nitrogens with zero attached hydrogens (tertiary/aromatic N) is 1. The van der Waals surface area contributed by atoms with Gasteiger partial charge >= 0.3 is 0 Å². The van der Waals surface area contributed by atoms with Crippen LogP contribution in [-0.2, 0) is 6.42 Å². The molecule has 0 aliphatic heterocycles. The van der Waals surface area contributed by atoms with Gasteiger partial charge < -0.3 is 5.43 Å². The average molecular weight is 204 g/mol. The van der Waals surface area contributed by atoms with Crippen LogP contribution in [0.5, 0.6) is 0 Å². The molecular formula is C11H16N4. The summed E-state index contributed by atoms with van der Waals surface area (Å²) in [6.07, 6.45) is 3.56. The van der Waals surface area contributed by atoms with E-state index >= 15 is 0 Å². The van der Waals surface area contributed by atoms with Crippen LogP contribution >= 0.6 is 0 Å². The summed E-state index contributed by atoms with van der Waals surface area (Å²) >= 11 is 0. The Morgan fingerprint density at radius 3 is 3.07 bits per heavy atom. The van der Waals surface area contributed by atoms with Crippen molar-refractivity contribution >= 4 is 16.7 Å². The van der Waals surface area contributed by atoms with Gasteiger partial charge in [0, 0.05) is 5.39 Å². The van der Waals surface area contributed by atoms with Crippen LogP contribution in [-0.4, -0.2) is 10.2 Å². The summed E-state index contributed by atoms with van der Waals surface area (Å²) in [4.78, 5) is 0. The van der Waals surface area contributed by atoms with E-state index in [4.69, 9.17) is 5.84 Å². The molecule has 0 radical (unpaired) electrons. The fourth-order valence-corrected chi connectivity index (χ4v) is 1.71. The van der Waals surface area contributed by atoms with Crippen LogP contribution in [0.1, 0.15) is 25.3 Å². The van der Waals surface area contributed by atoms with E-state index in [1.54, 1.807) is 0 Å². The number of aromatic nitrogens is 2. The normalized spacial score (nSPS) is 10.8. The molecule has 0 aliphatic rings. The third-order valence-corrected chi connectivity index (χ3v) is 2.58. The van der Waals surface area contributed by atoms with Gasteiger partial charge in [0.15, 0.2) is 5.82 Å². The SMILES string of the molecule is CCCCc1ccc2c(NN)n[nH]c2c1. The Bertz CT molecular complexity index is 447. The molecule has 2 aromatic rings. The summed E-state index contributed by atoms with van der Waals surface area (Å²) in [6.45, 7) is 2.20. The van der Waals surface area contributed by atoms with Gasteiger partial charge in [-0.1, -0.05) is 19.4 Å². The lowest BCUT2D eigenvalue weighted by atomic mass is 10.1. The van der Waals surface area contributed by atoms with Gasteiger partial charge in [0.1, 0.15) is 0 Å². The van der Waals surface area contributed by atoms with Crippen molar-refractivity contribution in [3.05, 3.63) is 23.8 Å². The molecule has 4 heteroatoms. The van der Waals surface area contributed by atoms with Crippen LogP contribution in [0.25, 0.3) is 10.9 Å². The maximum Gasteiger partial charge on any atom is 0.169 e. The zero-order chi connectivity index (χ0) is 10.7. The molecule has 0 bridgehead atoms. The predicted molar refractivity (Wildman–Crippen MR) is 62.5 cm³/mol. The van der Waals surface area contributed by atoms with Crippen LogP contribution in [0.4, 0.5) is 5.82 Å². The molecule has 0 spiro atoms. The minimum atomic E-state index is 0.701. The molecule has 80 valence electrons. The number of hydrazine groups is 1. The third kappa shape index (κ3) is 1.94. The zero-order valence-corrected chi connectivity index (χ0v) is 8.88. The Morgan fingerprint density at radius 2 is 2.33 bits per heavy atom. The Kier molecular flexibility index (Phi) is 2.87. The molecule has 0 saturated carbocycles. The van der Waals surface area contributed by atoms with E-state index in [9.17, 15) is 0 Å². The number of rotatable bonds is 4. The highest BCUT2D eigenvalue weighted by Crippen LogP contribution is 2.21. The standard InChI is InChI=1S/C11H16N4/c1-2-3-4-8-5-6-9-10(7-8)14-15-11(9)13-12/h5-7H,2-4,12H2,1H3,(H2,13,14,15). The number of anilines is 1. The predicted octanol–water partition coefficient (Wildman–Crippen LogP) is 2.19. The molecular weight excluding hydrogens is 188 g/mol. The van der Waals surface area contributed by atoms with E-state index in [0.717, 1.165) is 17.3 Å². The summed E-state index contributed by atoms with van der Waals surface area (Å²) in [5, 5.41) is 8.08. The smallest absolute Gasteiger partial charge is 0.169 e. The number of nitrogens with one attached hydrogen (secondary N) is 2. The van der Waals surface area contributed by atoms with Crippen molar-refractivity contribution in [3.8, 4) is 0 Å². The second-order valence-electron chi connectivity index (χ2n) is 3.70. The molecule has 4 nitrogen and oxygen atoms in total. The van der Waals surface area contributed by atoms with E-state index < -0.39 is 0 Å². The third-order valence-electron chi connectivity index (χ3n) is 2.58. The number of aromatic amines is 1. The number of benzene rings is 1. The first kappa shape index (κ1) is 9.98. The summed E-state index contributed by atoms with van der Waals surface area (Å²) in [7, 11) is 0. The van der Waals surface area contributed by atoms with Gasteiger partial charge in [0.2, 0.25) is 0 Å². The number of aryl methyl sites for hydroxylation is 1. The van der Waals surface area contributed by atoms with E-state index in [1.807, 2.05) is 0 Å². The van der Waals surface area contributed by atoms with Gasteiger partial charge in [-0.05, 0) is 30.5 Å². The average Bonchev–Trinajstić information content (AvgIpc) is 2.68. The van der Waals surface area contributed by atoms with Crippen molar-refractivity contribution in [3.63, 3.8) is 0 Å². The van der Waals surface area contributed by atoms with E-state index in [-0.39, 0.29) is 0 Å². The quantitative estimate of drug-likeness (QED) is 0.528. The molecule has 0 aliphatic carbocycles. The molecule has 0 unspecified atom stereocenters. The van der Waals surface area contributed by atoms with E-state index in [1.165, 1.54) is 18.4 Å². The van der Waals surface area contributed by atoms with E-state index in [0.29, 0.717) is 5.82 Å². The lowest BCUT2D eigenvalue weighted by molar-refractivity contribution is 0.796. The largest absolute Gasteiger partial charge is 0.306 e. The fraction of sp³-hybridized carbons (Fsp3) is 0.364. The van der Waals surface area contributed by atoms with Crippen molar-refractivity contribution in [1.82, 2.24) is 10.2 Å². The first-order valence-electron chi connectivity index (χ1n) is 5.28. The monoisotopic (exact) mass is 204 g/mol. The molecule has 15 heavy (non-hydrogen) atoms. The minimum Gasteiger partial charge on any atom is -0.306 e. The Hall–Kier alpha value is -1.55. The maximum atomic E-state index is 5.35. The molecule has 1 aromatic heterocycles. The number of hydrogen-bond acceptors (Lipinski definition) is 3. The lowest BCUT2D eigenvalue weighted by Gasteiger charge is -2.00. The highest BCUT2D eigenvalue weighted by Gasteiger charge is 2.04. The molecule has 1 heterocycles. The highest BCUT2D eigenvalue weighted by atomic mass is 15.3. The molecule has 1 aromatic carbocycles. The molecule has 0 fully saturated rings. The van der Waals surface area contributed by atoms with Crippen LogP contribution < -0.4 is 11.3 Å². The Balaban J connectivity index is 2.31.